The second kappa shape index (κ2) is 4.87. The van der Waals surface area contributed by atoms with E-state index >= 15 is 0 Å². The molecule has 3 N–H and O–H groups in total. The van der Waals surface area contributed by atoms with Gasteiger partial charge in [-0.3, -0.25) is 4.79 Å². The number of hydrogen-bond acceptors (Lipinski definition) is 2. The second-order valence-corrected chi connectivity index (χ2v) is 7.23. The van der Waals surface area contributed by atoms with Gasteiger partial charge in [0.05, 0.1) is 5.92 Å². The lowest BCUT2D eigenvalue weighted by atomic mass is 9.74. The molecular formula is C16H25NO2. The van der Waals surface area contributed by atoms with Crippen molar-refractivity contribution in [2.45, 2.75) is 52.9 Å². The molecule has 1 aromatic rings. The van der Waals surface area contributed by atoms with E-state index in [-0.39, 0.29) is 10.8 Å². The summed E-state index contributed by atoms with van der Waals surface area (Å²) in [7, 11) is 0. The minimum Gasteiger partial charge on any atom is -0.481 e. The molecule has 1 atom stereocenters. The molecule has 0 heterocycles. The normalized spacial score (nSPS) is 14.2. The van der Waals surface area contributed by atoms with Crippen LogP contribution in [0.5, 0.6) is 0 Å². The molecule has 0 saturated carbocycles. The highest BCUT2D eigenvalue weighted by atomic mass is 16.4. The number of hydrogen-bond donors (Lipinski definition) is 2. The third-order valence-electron chi connectivity index (χ3n) is 3.38. The molecule has 19 heavy (non-hydrogen) atoms. The Morgan fingerprint density at radius 1 is 1.16 bits per heavy atom. The zero-order valence-electron chi connectivity index (χ0n) is 12.7. The minimum atomic E-state index is -0.828. The van der Waals surface area contributed by atoms with Crippen LogP contribution in [0, 0.1) is 5.41 Å². The lowest BCUT2D eigenvalue weighted by molar-refractivity contribution is -0.141. The number of carboxylic acids is 1. The highest BCUT2D eigenvalue weighted by Gasteiger charge is 2.34. The molecule has 3 nitrogen and oxygen atoms in total. The number of aliphatic carboxylic acids is 1. The van der Waals surface area contributed by atoms with Crippen LogP contribution in [0.1, 0.15) is 58.6 Å². The van der Waals surface area contributed by atoms with Gasteiger partial charge in [-0.05, 0) is 28.0 Å². The summed E-state index contributed by atoms with van der Waals surface area (Å²) < 4.78 is 0. The first kappa shape index (κ1) is 15.5. The second-order valence-electron chi connectivity index (χ2n) is 7.23. The van der Waals surface area contributed by atoms with Crippen LogP contribution < -0.4 is 5.73 Å². The molecular weight excluding hydrogens is 238 g/mol. The molecule has 1 unspecified atom stereocenters. The van der Waals surface area contributed by atoms with E-state index < -0.39 is 11.9 Å². The first-order chi connectivity index (χ1) is 8.44. The average Bonchev–Trinajstić information content (AvgIpc) is 2.16. The van der Waals surface area contributed by atoms with Crippen molar-refractivity contribution < 1.29 is 9.90 Å². The first-order valence-electron chi connectivity index (χ1n) is 6.57. The van der Waals surface area contributed by atoms with E-state index in [1.54, 1.807) is 0 Å². The Morgan fingerprint density at radius 2 is 1.68 bits per heavy atom. The van der Waals surface area contributed by atoms with Gasteiger partial charge in [-0.15, -0.1) is 0 Å². The topological polar surface area (TPSA) is 63.3 Å². The molecule has 3 heteroatoms. The molecule has 0 aliphatic rings. The monoisotopic (exact) mass is 263 g/mol. The van der Waals surface area contributed by atoms with Crippen molar-refractivity contribution in [1.82, 2.24) is 0 Å². The summed E-state index contributed by atoms with van der Waals surface area (Å²) in [6.45, 7) is 12.1. The number of nitrogens with two attached hydrogens (primary N) is 1. The van der Waals surface area contributed by atoms with Crippen LogP contribution in [-0.4, -0.2) is 11.1 Å². The van der Waals surface area contributed by atoms with E-state index in [9.17, 15) is 9.90 Å². The third kappa shape index (κ3) is 3.49. The molecule has 1 rings (SSSR count). The van der Waals surface area contributed by atoms with Gasteiger partial charge in [0.15, 0.2) is 0 Å². The van der Waals surface area contributed by atoms with Crippen molar-refractivity contribution in [1.29, 1.82) is 0 Å². The van der Waals surface area contributed by atoms with Crippen LogP contribution in [0.3, 0.4) is 0 Å². The number of nitrogen functional groups attached to an aromatic ring is 1. The Hall–Kier alpha value is -1.51. The Bertz CT molecular complexity index is 479. The largest absolute Gasteiger partial charge is 0.481 e. The zero-order chi connectivity index (χ0) is 15.0. The van der Waals surface area contributed by atoms with Gasteiger partial charge < -0.3 is 10.8 Å². The SMILES string of the molecule is CC(C)(C)c1ccc(N)c(C(C(=O)O)C(C)(C)C)c1. The Labute approximate surface area is 115 Å². The summed E-state index contributed by atoms with van der Waals surface area (Å²) in [5.41, 5.74) is 7.97. The number of carbonyl (C=O) groups is 1. The molecule has 0 spiro atoms. The standard InChI is InChI=1S/C16H25NO2/c1-15(2,3)10-7-8-12(17)11(9-10)13(14(18)19)16(4,5)6/h7-9,13H,17H2,1-6H3,(H,18,19). The van der Waals surface area contributed by atoms with E-state index in [1.165, 1.54) is 0 Å². The molecule has 106 valence electrons. The van der Waals surface area contributed by atoms with Gasteiger partial charge in [0.1, 0.15) is 0 Å². The van der Waals surface area contributed by atoms with Gasteiger partial charge >= 0.3 is 5.97 Å². The van der Waals surface area contributed by atoms with Crippen molar-refractivity contribution in [3.63, 3.8) is 0 Å². The highest BCUT2D eigenvalue weighted by Crippen LogP contribution is 2.39. The minimum absolute atomic E-state index is 0.0244. The van der Waals surface area contributed by atoms with Crippen LogP contribution in [-0.2, 0) is 10.2 Å². The molecule has 0 fully saturated rings. The molecule has 0 aliphatic heterocycles. The van der Waals surface area contributed by atoms with Gasteiger partial charge in [-0.2, -0.15) is 0 Å². The number of anilines is 1. The van der Waals surface area contributed by atoms with E-state index in [0.29, 0.717) is 11.3 Å². The van der Waals surface area contributed by atoms with Crippen LogP contribution >= 0.6 is 0 Å². The van der Waals surface area contributed by atoms with Crippen LogP contribution in [0.15, 0.2) is 18.2 Å². The summed E-state index contributed by atoms with van der Waals surface area (Å²) in [6, 6.07) is 5.73. The Kier molecular flexibility index (Phi) is 3.99. The summed E-state index contributed by atoms with van der Waals surface area (Å²) in [5, 5.41) is 9.52. The molecule has 0 bridgehead atoms. The molecule has 1 aromatic carbocycles. The van der Waals surface area contributed by atoms with E-state index in [4.69, 9.17) is 5.73 Å². The quantitative estimate of drug-likeness (QED) is 0.798. The molecule has 0 radical (unpaired) electrons. The fourth-order valence-corrected chi connectivity index (χ4v) is 2.26. The fourth-order valence-electron chi connectivity index (χ4n) is 2.26. The lowest BCUT2D eigenvalue weighted by Crippen LogP contribution is -2.27. The van der Waals surface area contributed by atoms with Crippen molar-refractivity contribution >= 4 is 11.7 Å². The van der Waals surface area contributed by atoms with Gasteiger partial charge in [0.25, 0.3) is 0 Å². The maximum Gasteiger partial charge on any atom is 0.311 e. The lowest BCUT2D eigenvalue weighted by Gasteiger charge is -2.30. The van der Waals surface area contributed by atoms with E-state index in [1.807, 2.05) is 39.0 Å². The molecule has 0 aromatic heterocycles. The fraction of sp³-hybridized carbons (Fsp3) is 0.562. The van der Waals surface area contributed by atoms with E-state index in [2.05, 4.69) is 20.8 Å². The zero-order valence-corrected chi connectivity index (χ0v) is 12.7. The molecule has 0 amide bonds. The number of rotatable bonds is 2. The third-order valence-corrected chi connectivity index (χ3v) is 3.38. The van der Waals surface area contributed by atoms with Crippen molar-refractivity contribution in [3.8, 4) is 0 Å². The summed E-state index contributed by atoms with van der Waals surface area (Å²) >= 11 is 0. The maximum absolute atomic E-state index is 11.6. The molecule has 0 saturated heterocycles. The van der Waals surface area contributed by atoms with Crippen LogP contribution in [0.25, 0.3) is 0 Å². The Balaban J connectivity index is 3.43. The van der Waals surface area contributed by atoms with Crippen LogP contribution in [0.4, 0.5) is 5.69 Å². The van der Waals surface area contributed by atoms with Crippen LogP contribution in [0.2, 0.25) is 0 Å². The van der Waals surface area contributed by atoms with Gasteiger partial charge in [0, 0.05) is 5.69 Å². The number of benzene rings is 1. The highest BCUT2D eigenvalue weighted by molar-refractivity contribution is 5.79. The first-order valence-corrected chi connectivity index (χ1v) is 6.57. The predicted molar refractivity (Wildman–Crippen MR) is 79.4 cm³/mol. The summed E-state index contributed by atoms with van der Waals surface area (Å²) in [6.07, 6.45) is 0. The summed E-state index contributed by atoms with van der Waals surface area (Å²) in [5.74, 6) is -1.43. The van der Waals surface area contributed by atoms with Gasteiger partial charge in [-0.25, -0.2) is 0 Å². The van der Waals surface area contributed by atoms with Crippen molar-refractivity contribution in [2.24, 2.45) is 5.41 Å². The maximum atomic E-state index is 11.6. The van der Waals surface area contributed by atoms with E-state index in [0.717, 1.165) is 5.56 Å². The smallest absolute Gasteiger partial charge is 0.311 e. The van der Waals surface area contributed by atoms with Crippen molar-refractivity contribution in [3.05, 3.63) is 29.3 Å². The summed E-state index contributed by atoms with van der Waals surface area (Å²) in [4.78, 5) is 11.6. The van der Waals surface area contributed by atoms with Crippen molar-refractivity contribution in [2.75, 3.05) is 5.73 Å². The molecule has 0 aliphatic carbocycles. The van der Waals surface area contributed by atoms with Gasteiger partial charge in [-0.1, -0.05) is 53.7 Å². The average molecular weight is 263 g/mol. The van der Waals surface area contributed by atoms with Gasteiger partial charge in [0.2, 0.25) is 0 Å². The number of carboxylic acid groups (broad SMARTS) is 1. The Morgan fingerprint density at radius 3 is 2.05 bits per heavy atom. The predicted octanol–water partition coefficient (Wildman–Crippen LogP) is 3.78.